The quantitative estimate of drug-likeness (QED) is 0.525. The Balaban J connectivity index is 1.86. The number of nitrogens with one attached hydrogen (secondary N) is 2. The third kappa shape index (κ3) is 4.20. The molecule has 0 fully saturated rings. The van der Waals surface area contributed by atoms with Gasteiger partial charge in [-0.1, -0.05) is 6.07 Å². The van der Waals surface area contributed by atoms with Crippen molar-refractivity contribution in [3.8, 4) is 0 Å². The number of aryl methyl sites for hydroxylation is 1. The van der Waals surface area contributed by atoms with Gasteiger partial charge in [0.2, 0.25) is 5.95 Å². The molecule has 1 heterocycles. The van der Waals surface area contributed by atoms with Gasteiger partial charge < -0.3 is 10.6 Å². The van der Waals surface area contributed by atoms with E-state index in [9.17, 15) is 22.4 Å². The van der Waals surface area contributed by atoms with E-state index in [1.807, 2.05) is 0 Å². The molecule has 0 aliphatic heterocycles. The molecule has 0 spiro atoms. The van der Waals surface area contributed by atoms with Crippen molar-refractivity contribution in [2.24, 2.45) is 0 Å². The van der Waals surface area contributed by atoms with Crippen LogP contribution in [0.15, 0.2) is 42.5 Å². The Morgan fingerprint density at radius 2 is 1.74 bits per heavy atom. The van der Waals surface area contributed by atoms with Gasteiger partial charge in [0.15, 0.2) is 17.5 Å². The van der Waals surface area contributed by atoms with Crippen molar-refractivity contribution >= 4 is 23.2 Å². The van der Waals surface area contributed by atoms with Crippen LogP contribution >= 0.6 is 0 Å². The topological polar surface area (TPSA) is 66.9 Å². The number of hydrogen-bond donors (Lipinski definition) is 2. The minimum absolute atomic E-state index is 0.0859. The standard InChI is InChI=1S/C18H12F4N4O/c1-9-7-14(17(27)24-11-4-2-3-10(19)8-11)26-18(23-9)25-13-6-5-12(20)15(21)16(13)22/h2-8H,1H3,(H,24,27)(H,23,25,26). The molecule has 27 heavy (non-hydrogen) atoms. The average molecular weight is 376 g/mol. The molecular weight excluding hydrogens is 364 g/mol. The fourth-order valence-corrected chi connectivity index (χ4v) is 2.25. The molecule has 0 bridgehead atoms. The number of halogens is 4. The maximum absolute atomic E-state index is 13.8. The first-order valence-electron chi connectivity index (χ1n) is 7.66. The van der Waals surface area contributed by atoms with Crippen molar-refractivity contribution < 1.29 is 22.4 Å². The van der Waals surface area contributed by atoms with Crippen LogP contribution in [0.3, 0.4) is 0 Å². The number of benzene rings is 2. The maximum Gasteiger partial charge on any atom is 0.274 e. The van der Waals surface area contributed by atoms with Gasteiger partial charge in [-0.2, -0.15) is 0 Å². The third-order valence-corrected chi connectivity index (χ3v) is 3.45. The van der Waals surface area contributed by atoms with Crippen molar-refractivity contribution in [1.29, 1.82) is 0 Å². The second-order valence-corrected chi connectivity index (χ2v) is 5.53. The molecule has 0 unspecified atom stereocenters. The summed E-state index contributed by atoms with van der Waals surface area (Å²) in [5.74, 6) is -5.78. The molecule has 0 saturated heterocycles. The molecule has 2 aromatic carbocycles. The van der Waals surface area contributed by atoms with Gasteiger partial charge in [0.05, 0.1) is 5.69 Å². The Morgan fingerprint density at radius 1 is 0.963 bits per heavy atom. The predicted molar refractivity (Wildman–Crippen MR) is 90.7 cm³/mol. The van der Waals surface area contributed by atoms with E-state index in [2.05, 4.69) is 20.6 Å². The summed E-state index contributed by atoms with van der Waals surface area (Å²) < 4.78 is 53.3. The first-order valence-corrected chi connectivity index (χ1v) is 7.66. The Bertz CT molecular complexity index is 1030. The molecule has 0 aliphatic carbocycles. The number of carbonyl (C=O) groups excluding carboxylic acids is 1. The van der Waals surface area contributed by atoms with Crippen LogP contribution in [0.25, 0.3) is 0 Å². The second kappa shape index (κ2) is 7.40. The molecule has 138 valence electrons. The van der Waals surface area contributed by atoms with E-state index in [1.165, 1.54) is 24.3 Å². The molecular formula is C18H12F4N4O. The molecule has 9 heteroatoms. The van der Waals surface area contributed by atoms with Crippen molar-refractivity contribution in [2.75, 3.05) is 10.6 Å². The van der Waals surface area contributed by atoms with E-state index in [0.29, 0.717) is 5.69 Å². The lowest BCUT2D eigenvalue weighted by molar-refractivity contribution is 0.102. The molecule has 0 radical (unpaired) electrons. The largest absolute Gasteiger partial charge is 0.322 e. The first kappa shape index (κ1) is 18.3. The highest BCUT2D eigenvalue weighted by Gasteiger charge is 2.16. The van der Waals surface area contributed by atoms with Crippen LogP contribution in [-0.4, -0.2) is 15.9 Å². The summed E-state index contributed by atoms with van der Waals surface area (Å²) in [7, 11) is 0. The van der Waals surface area contributed by atoms with Crippen LogP contribution in [0.1, 0.15) is 16.2 Å². The monoisotopic (exact) mass is 376 g/mol. The highest BCUT2D eigenvalue weighted by Crippen LogP contribution is 2.22. The molecule has 5 nitrogen and oxygen atoms in total. The zero-order chi connectivity index (χ0) is 19.6. The molecule has 0 saturated carbocycles. The Morgan fingerprint density at radius 3 is 2.48 bits per heavy atom. The lowest BCUT2D eigenvalue weighted by atomic mass is 10.2. The van der Waals surface area contributed by atoms with Gasteiger partial charge in [0.1, 0.15) is 11.5 Å². The van der Waals surface area contributed by atoms with Gasteiger partial charge in [-0.3, -0.25) is 4.79 Å². The van der Waals surface area contributed by atoms with Crippen LogP contribution in [-0.2, 0) is 0 Å². The van der Waals surface area contributed by atoms with Gasteiger partial charge >= 0.3 is 0 Å². The molecule has 0 aliphatic rings. The first-order chi connectivity index (χ1) is 12.8. The van der Waals surface area contributed by atoms with Crippen LogP contribution in [0, 0.1) is 30.2 Å². The van der Waals surface area contributed by atoms with Crippen molar-refractivity contribution in [3.05, 3.63) is 77.1 Å². The summed E-state index contributed by atoms with van der Waals surface area (Å²) in [5.41, 5.74) is 0.102. The second-order valence-electron chi connectivity index (χ2n) is 5.53. The number of rotatable bonds is 4. The zero-order valence-electron chi connectivity index (χ0n) is 13.9. The van der Waals surface area contributed by atoms with Gasteiger partial charge in [-0.25, -0.2) is 27.5 Å². The minimum atomic E-state index is -1.64. The molecule has 0 atom stereocenters. The molecule has 2 N–H and O–H groups in total. The van der Waals surface area contributed by atoms with Gasteiger partial charge in [-0.05, 0) is 43.3 Å². The smallest absolute Gasteiger partial charge is 0.274 e. The molecule has 1 aromatic heterocycles. The van der Waals surface area contributed by atoms with E-state index in [1.54, 1.807) is 6.92 Å². The average Bonchev–Trinajstić information content (AvgIpc) is 2.62. The van der Waals surface area contributed by atoms with Crippen LogP contribution < -0.4 is 10.6 Å². The van der Waals surface area contributed by atoms with Crippen molar-refractivity contribution in [2.45, 2.75) is 6.92 Å². The SMILES string of the molecule is Cc1cc(C(=O)Nc2cccc(F)c2)nc(Nc2ccc(F)c(F)c2F)n1. The number of carbonyl (C=O) groups is 1. The van der Waals surface area contributed by atoms with E-state index in [4.69, 9.17) is 0 Å². The number of amides is 1. The molecule has 1 amide bonds. The lowest BCUT2D eigenvalue weighted by Crippen LogP contribution is -2.15. The summed E-state index contributed by atoms with van der Waals surface area (Å²) in [6.45, 7) is 1.56. The Hall–Kier alpha value is -3.49. The predicted octanol–water partition coefficient (Wildman–Crippen LogP) is 4.34. The summed E-state index contributed by atoms with van der Waals surface area (Å²) in [6, 6.07) is 8.35. The molecule has 3 aromatic rings. The van der Waals surface area contributed by atoms with E-state index < -0.39 is 34.9 Å². The summed E-state index contributed by atoms with van der Waals surface area (Å²) >= 11 is 0. The Kier molecular flexibility index (Phi) is 5.02. The zero-order valence-corrected chi connectivity index (χ0v) is 13.9. The van der Waals surface area contributed by atoms with Crippen molar-refractivity contribution in [3.63, 3.8) is 0 Å². The van der Waals surface area contributed by atoms with Gasteiger partial charge in [0, 0.05) is 11.4 Å². The van der Waals surface area contributed by atoms with Crippen LogP contribution in [0.5, 0.6) is 0 Å². The molecule has 3 rings (SSSR count). The maximum atomic E-state index is 13.8. The normalized spacial score (nSPS) is 10.6. The van der Waals surface area contributed by atoms with E-state index >= 15 is 0 Å². The summed E-state index contributed by atoms with van der Waals surface area (Å²) in [6.07, 6.45) is 0. The van der Waals surface area contributed by atoms with Crippen LogP contribution in [0.4, 0.5) is 34.9 Å². The highest BCUT2D eigenvalue weighted by molar-refractivity contribution is 6.03. The van der Waals surface area contributed by atoms with Crippen molar-refractivity contribution in [1.82, 2.24) is 9.97 Å². The minimum Gasteiger partial charge on any atom is -0.322 e. The lowest BCUT2D eigenvalue weighted by Gasteiger charge is -2.10. The van der Waals surface area contributed by atoms with Gasteiger partial charge in [0.25, 0.3) is 5.91 Å². The fourth-order valence-electron chi connectivity index (χ4n) is 2.25. The number of aromatic nitrogens is 2. The fraction of sp³-hybridized carbons (Fsp3) is 0.0556. The van der Waals surface area contributed by atoms with Crippen LogP contribution in [0.2, 0.25) is 0 Å². The summed E-state index contributed by atoms with van der Waals surface area (Å²) in [4.78, 5) is 20.2. The van der Waals surface area contributed by atoms with E-state index in [-0.39, 0.29) is 17.3 Å². The Labute approximate surface area is 151 Å². The van der Waals surface area contributed by atoms with Gasteiger partial charge in [-0.15, -0.1) is 0 Å². The van der Waals surface area contributed by atoms with E-state index in [0.717, 1.165) is 18.2 Å². The number of nitrogens with zero attached hydrogens (tertiary/aromatic N) is 2. The number of anilines is 3. The third-order valence-electron chi connectivity index (χ3n) is 3.45. The summed E-state index contributed by atoms with van der Waals surface area (Å²) in [5, 5.41) is 4.87. The highest BCUT2D eigenvalue weighted by atomic mass is 19.2. The number of hydrogen-bond acceptors (Lipinski definition) is 4.